The zero-order chi connectivity index (χ0) is 46.0. The van der Waals surface area contributed by atoms with E-state index in [0.29, 0.717) is 31.6 Å². The summed E-state index contributed by atoms with van der Waals surface area (Å²) in [6, 6.07) is 29.7. The molecule has 1 unspecified atom stereocenters. The lowest BCUT2D eigenvalue weighted by molar-refractivity contribution is -0.132. The van der Waals surface area contributed by atoms with Crippen molar-refractivity contribution in [2.75, 3.05) is 53.8 Å². The number of hydrogen-bond acceptors (Lipinski definition) is 10. The number of methoxy groups -OCH3 is 2. The van der Waals surface area contributed by atoms with E-state index < -0.39 is 12.1 Å². The highest BCUT2D eigenvalue weighted by molar-refractivity contribution is 7.80. The summed E-state index contributed by atoms with van der Waals surface area (Å²) < 4.78 is 8.65. The number of rotatable bonds is 17. The zero-order valence-corrected chi connectivity index (χ0v) is 38.3. The van der Waals surface area contributed by atoms with Crippen molar-refractivity contribution in [3.05, 3.63) is 121 Å². The molecule has 63 heavy (non-hydrogen) atoms. The van der Waals surface area contributed by atoms with Gasteiger partial charge in [0.1, 0.15) is 24.0 Å². The molecule has 4 aromatic carbocycles. The minimum Gasteiger partial charge on any atom is -0.453 e. The SMILES string of the molecule is CCC.CCCN(Cc1ncc(-c2ccc3cc(-c4ccc(-c5cnc(CN(C)CCS)[nH]5)cc4)ccc3c2)[nH]1)C(=O)CNC=O.COC.COC(=O)NC(C=O)c1ccccc1. The molecule has 0 saturated carbocycles. The Balaban J connectivity index is 0.000000439. The van der Waals surface area contributed by atoms with Gasteiger partial charge in [-0.3, -0.25) is 14.5 Å². The van der Waals surface area contributed by atoms with E-state index in [0.717, 1.165) is 81.1 Å². The smallest absolute Gasteiger partial charge is 0.407 e. The molecule has 0 bridgehead atoms. The van der Waals surface area contributed by atoms with Crippen LogP contribution in [0.15, 0.2) is 103 Å². The predicted molar refractivity (Wildman–Crippen MR) is 254 cm³/mol. The second-order valence-electron chi connectivity index (χ2n) is 14.4. The Morgan fingerprint density at radius 3 is 1.86 bits per heavy atom. The second-order valence-corrected chi connectivity index (χ2v) is 14.8. The van der Waals surface area contributed by atoms with Crippen LogP contribution in [0.2, 0.25) is 0 Å². The van der Waals surface area contributed by atoms with Gasteiger partial charge in [-0.2, -0.15) is 12.6 Å². The molecule has 0 radical (unpaired) electrons. The van der Waals surface area contributed by atoms with Crippen LogP contribution in [0.4, 0.5) is 4.79 Å². The van der Waals surface area contributed by atoms with Gasteiger partial charge in [0.15, 0.2) is 0 Å². The number of aromatic nitrogens is 4. The van der Waals surface area contributed by atoms with E-state index in [1.807, 2.05) is 19.2 Å². The first-order chi connectivity index (χ1) is 30.6. The third kappa shape index (κ3) is 16.8. The van der Waals surface area contributed by atoms with E-state index in [9.17, 15) is 19.2 Å². The number of aldehydes is 1. The van der Waals surface area contributed by atoms with Crippen LogP contribution >= 0.6 is 12.6 Å². The number of ether oxygens (including phenoxy) is 2. The number of nitrogens with zero attached hydrogens (tertiary/aromatic N) is 4. The lowest BCUT2D eigenvalue weighted by Gasteiger charge is -2.20. The standard InChI is InChI=1S/C33H37N7O2S.C10H11NO3.C3H8.C2H6O/c1-3-12-40(33(42)19-34-22-41)21-32-36-18-30(38-32)28-11-10-26-15-25(8-9-27(26)16-28)23-4-6-24(7-5-23)29-17-35-31(37-29)20-39(2)13-14-43;1-14-10(13)11-9(7-12)8-5-3-2-4-6-8;2*1-3-2/h4-11,15-18,22,43H,3,12-14,19-21H2,1-2H3,(H,34,41)(H,35,37)(H,36,38);2-7,9H,1H3,(H,11,13);3H2,1-2H3;1-2H3. The Morgan fingerprint density at radius 2 is 1.30 bits per heavy atom. The molecule has 0 aliphatic carbocycles. The molecule has 14 nitrogen and oxygen atoms in total. The van der Waals surface area contributed by atoms with Gasteiger partial charge in [0.2, 0.25) is 12.3 Å². The van der Waals surface area contributed by atoms with Crippen molar-refractivity contribution in [1.29, 1.82) is 0 Å². The lowest BCUT2D eigenvalue weighted by atomic mass is 9.98. The Hall–Kier alpha value is -6.29. The van der Waals surface area contributed by atoms with Gasteiger partial charge in [-0.15, -0.1) is 0 Å². The first kappa shape index (κ1) is 51.1. The molecule has 336 valence electrons. The van der Waals surface area contributed by atoms with Crippen LogP contribution < -0.4 is 10.6 Å². The number of aromatic amines is 2. The molecular weight excluding hydrogens is 817 g/mol. The average Bonchev–Trinajstić information content (AvgIpc) is 3.98. The Kier molecular flexibility index (Phi) is 23.0. The summed E-state index contributed by atoms with van der Waals surface area (Å²) in [4.78, 5) is 64.3. The highest BCUT2D eigenvalue weighted by Gasteiger charge is 2.16. The summed E-state index contributed by atoms with van der Waals surface area (Å²) in [5.41, 5.74) is 7.05. The van der Waals surface area contributed by atoms with Crippen molar-refractivity contribution in [2.45, 2.75) is 52.7 Å². The van der Waals surface area contributed by atoms with Crippen molar-refractivity contribution < 1.29 is 28.7 Å². The molecule has 0 spiro atoms. The number of imidazole rings is 2. The Morgan fingerprint density at radius 1 is 0.762 bits per heavy atom. The number of alkyl carbamates (subject to hydrolysis) is 1. The molecule has 15 heteroatoms. The minimum absolute atomic E-state index is 0.0196. The molecule has 1 atom stereocenters. The van der Waals surface area contributed by atoms with Crippen LogP contribution in [-0.2, 0) is 36.9 Å². The number of carbonyl (C=O) groups is 4. The predicted octanol–water partition coefficient (Wildman–Crippen LogP) is 8.09. The van der Waals surface area contributed by atoms with Gasteiger partial charge in [0.05, 0.1) is 50.5 Å². The molecule has 6 aromatic rings. The first-order valence-corrected chi connectivity index (χ1v) is 21.4. The first-order valence-electron chi connectivity index (χ1n) is 20.8. The molecule has 0 fully saturated rings. The fraction of sp³-hybridized carbons (Fsp3) is 0.333. The third-order valence-corrected chi connectivity index (χ3v) is 9.32. The number of thiol groups is 1. The van der Waals surface area contributed by atoms with Gasteiger partial charge in [-0.05, 0) is 58.6 Å². The van der Waals surface area contributed by atoms with Crippen LogP contribution in [0, 0.1) is 0 Å². The number of H-pyrrole nitrogens is 2. The second kappa shape index (κ2) is 28.3. The topological polar surface area (TPSA) is 175 Å². The summed E-state index contributed by atoms with van der Waals surface area (Å²) in [7, 11) is 6.57. The van der Waals surface area contributed by atoms with Crippen molar-refractivity contribution in [3.63, 3.8) is 0 Å². The van der Waals surface area contributed by atoms with Crippen molar-refractivity contribution in [1.82, 2.24) is 40.4 Å². The average molecular weight is 879 g/mol. The van der Waals surface area contributed by atoms with Crippen LogP contribution in [0.1, 0.15) is 56.9 Å². The van der Waals surface area contributed by atoms with Crippen molar-refractivity contribution >= 4 is 48.1 Å². The van der Waals surface area contributed by atoms with Gasteiger partial charge in [-0.25, -0.2) is 14.8 Å². The maximum Gasteiger partial charge on any atom is 0.407 e. The Labute approximate surface area is 376 Å². The van der Waals surface area contributed by atoms with Crippen molar-refractivity contribution in [2.24, 2.45) is 0 Å². The quantitative estimate of drug-likeness (QED) is 0.0448. The number of carbonyl (C=O) groups excluding carboxylic acids is 4. The molecule has 3 amide bonds. The summed E-state index contributed by atoms with van der Waals surface area (Å²) in [5, 5.41) is 7.13. The van der Waals surface area contributed by atoms with Crippen LogP contribution in [0.25, 0.3) is 44.4 Å². The van der Waals surface area contributed by atoms with E-state index in [-0.39, 0.29) is 12.5 Å². The number of nitrogens with one attached hydrogen (secondary N) is 4. The van der Waals surface area contributed by atoms with Gasteiger partial charge in [0, 0.05) is 38.6 Å². The molecule has 6 rings (SSSR count). The number of benzene rings is 4. The lowest BCUT2D eigenvalue weighted by Crippen LogP contribution is -2.38. The molecule has 0 aliphatic rings. The Bertz CT molecular complexity index is 2260. The van der Waals surface area contributed by atoms with E-state index in [4.69, 9.17) is 0 Å². The molecule has 2 aromatic heterocycles. The van der Waals surface area contributed by atoms with E-state index in [1.165, 1.54) is 13.5 Å². The molecule has 0 saturated heterocycles. The van der Waals surface area contributed by atoms with Crippen LogP contribution in [-0.4, -0.2) is 108 Å². The summed E-state index contributed by atoms with van der Waals surface area (Å²) in [6.45, 7) is 8.87. The van der Waals surface area contributed by atoms with Crippen LogP contribution in [0.5, 0.6) is 0 Å². The fourth-order valence-corrected chi connectivity index (χ4v) is 6.49. The summed E-state index contributed by atoms with van der Waals surface area (Å²) >= 11 is 4.30. The van der Waals surface area contributed by atoms with Crippen LogP contribution in [0.3, 0.4) is 0 Å². The number of fused-ring (bicyclic) bond motifs is 1. The normalized spacial score (nSPS) is 10.8. The van der Waals surface area contributed by atoms with E-state index in [1.54, 1.807) is 49.6 Å². The van der Waals surface area contributed by atoms with Gasteiger partial charge in [0.25, 0.3) is 0 Å². The summed E-state index contributed by atoms with van der Waals surface area (Å²) in [5.74, 6) is 2.33. The monoisotopic (exact) mass is 878 g/mol. The van der Waals surface area contributed by atoms with Gasteiger partial charge in [-0.1, -0.05) is 106 Å². The highest BCUT2D eigenvalue weighted by atomic mass is 32.1. The highest BCUT2D eigenvalue weighted by Crippen LogP contribution is 2.29. The largest absolute Gasteiger partial charge is 0.453 e. The van der Waals surface area contributed by atoms with Crippen molar-refractivity contribution in [3.8, 4) is 33.6 Å². The zero-order valence-electron chi connectivity index (χ0n) is 37.4. The fourth-order valence-electron chi connectivity index (χ4n) is 6.15. The minimum atomic E-state index is -0.649. The molecule has 0 aliphatic heterocycles. The maximum atomic E-state index is 12.4. The third-order valence-electron chi connectivity index (χ3n) is 9.12. The number of hydrogen-bond donors (Lipinski definition) is 5. The molecule has 4 N–H and O–H groups in total. The van der Waals surface area contributed by atoms with Gasteiger partial charge < -0.3 is 39.8 Å². The summed E-state index contributed by atoms with van der Waals surface area (Å²) in [6.07, 6.45) is 6.34. The van der Waals surface area contributed by atoms with E-state index in [2.05, 4.69) is 139 Å². The molecular formula is C48H62N8O6S. The molecule has 2 heterocycles. The van der Waals surface area contributed by atoms with Gasteiger partial charge >= 0.3 is 6.09 Å². The maximum absolute atomic E-state index is 12.4. The number of amides is 3. The van der Waals surface area contributed by atoms with E-state index >= 15 is 0 Å².